The Bertz CT molecular complexity index is 873. The van der Waals surface area contributed by atoms with Gasteiger partial charge in [-0.3, -0.25) is 4.99 Å². The van der Waals surface area contributed by atoms with E-state index in [9.17, 15) is 4.39 Å². The molecule has 0 saturated carbocycles. The van der Waals surface area contributed by atoms with Gasteiger partial charge in [-0.1, -0.05) is 19.9 Å². The fourth-order valence-electron chi connectivity index (χ4n) is 4.12. The van der Waals surface area contributed by atoms with E-state index < -0.39 is 0 Å². The zero-order chi connectivity index (χ0) is 19.8. The number of benzene rings is 2. The van der Waals surface area contributed by atoms with Gasteiger partial charge in [0.25, 0.3) is 0 Å². The van der Waals surface area contributed by atoms with Crippen LogP contribution in [0.15, 0.2) is 39.8 Å². The molecule has 0 aliphatic carbocycles. The molecule has 0 saturated heterocycles. The van der Waals surface area contributed by atoms with E-state index in [2.05, 4.69) is 53.5 Å². The third-order valence-electron chi connectivity index (χ3n) is 5.40. The first-order chi connectivity index (χ1) is 12.7. The van der Waals surface area contributed by atoms with Crippen LogP contribution in [0.5, 0.6) is 0 Å². The second kappa shape index (κ2) is 7.75. The second-order valence-corrected chi connectivity index (χ2v) is 9.07. The normalized spacial score (nSPS) is 18.8. The van der Waals surface area contributed by atoms with Crippen molar-refractivity contribution in [2.75, 3.05) is 11.4 Å². The lowest BCUT2D eigenvalue weighted by atomic mass is 9.79. The Hall–Kier alpha value is -1.68. The number of aryl methyl sites for hydroxylation is 1. The van der Waals surface area contributed by atoms with Crippen molar-refractivity contribution >= 4 is 33.5 Å². The van der Waals surface area contributed by atoms with Crippen molar-refractivity contribution in [2.45, 2.75) is 58.9 Å². The minimum Gasteiger partial charge on any atom is -0.366 e. The summed E-state index contributed by atoms with van der Waals surface area (Å²) in [4.78, 5) is 6.87. The van der Waals surface area contributed by atoms with Crippen LogP contribution in [0.1, 0.15) is 63.1 Å². The van der Waals surface area contributed by atoms with Gasteiger partial charge in [-0.15, -0.1) is 0 Å². The van der Waals surface area contributed by atoms with E-state index in [4.69, 9.17) is 0 Å². The predicted molar refractivity (Wildman–Crippen MR) is 117 cm³/mol. The highest BCUT2D eigenvalue weighted by Crippen LogP contribution is 2.44. The van der Waals surface area contributed by atoms with Crippen LogP contribution in [-0.2, 0) is 0 Å². The molecule has 0 amide bonds. The molecule has 0 radical (unpaired) electrons. The van der Waals surface area contributed by atoms with Gasteiger partial charge in [0.1, 0.15) is 5.82 Å². The van der Waals surface area contributed by atoms with E-state index in [1.807, 2.05) is 31.2 Å². The van der Waals surface area contributed by atoms with Crippen LogP contribution in [0.2, 0.25) is 0 Å². The van der Waals surface area contributed by atoms with Crippen molar-refractivity contribution in [2.24, 2.45) is 4.99 Å². The average Bonchev–Trinajstić information content (AvgIpc) is 2.58. The van der Waals surface area contributed by atoms with Crippen molar-refractivity contribution in [3.8, 4) is 0 Å². The molecular formula is C23H28BrFN2. The lowest BCUT2D eigenvalue weighted by molar-refractivity contribution is 0.375. The van der Waals surface area contributed by atoms with Crippen LogP contribution in [0.3, 0.4) is 0 Å². The molecule has 0 bridgehead atoms. The van der Waals surface area contributed by atoms with Crippen molar-refractivity contribution in [1.29, 1.82) is 0 Å². The number of aliphatic imine (C=N–C) groups is 1. The van der Waals surface area contributed by atoms with Gasteiger partial charge in [-0.2, -0.15) is 0 Å². The summed E-state index contributed by atoms with van der Waals surface area (Å²) in [5.74, 6) is 0.175. The lowest BCUT2D eigenvalue weighted by Crippen LogP contribution is -2.48. The Morgan fingerprint density at radius 3 is 2.70 bits per heavy atom. The van der Waals surface area contributed by atoms with Gasteiger partial charge >= 0.3 is 0 Å². The Kier molecular flexibility index (Phi) is 5.76. The third kappa shape index (κ3) is 4.11. The highest BCUT2D eigenvalue weighted by molar-refractivity contribution is 9.10. The van der Waals surface area contributed by atoms with Gasteiger partial charge in [0.05, 0.1) is 5.69 Å². The zero-order valence-corrected chi connectivity index (χ0v) is 18.4. The smallest absolute Gasteiger partial charge is 0.134 e. The standard InChI is InChI=1S/C23H28BrFN2/c1-6-9-27-22-12-20(25)17(11-18(22)16(3)13-23(27,4)5)14-26-21-8-7-15(2)10-19(21)24/h7-8,10-12,14,16H,6,9,13H2,1-5H3. The molecule has 0 N–H and O–H groups in total. The number of nitrogens with zero attached hydrogens (tertiary/aromatic N) is 2. The van der Waals surface area contributed by atoms with Gasteiger partial charge in [0.15, 0.2) is 0 Å². The Morgan fingerprint density at radius 1 is 1.30 bits per heavy atom. The summed E-state index contributed by atoms with van der Waals surface area (Å²) >= 11 is 3.53. The van der Waals surface area contributed by atoms with Crippen LogP contribution in [0.4, 0.5) is 15.8 Å². The van der Waals surface area contributed by atoms with Crippen LogP contribution in [-0.4, -0.2) is 18.3 Å². The minimum absolute atomic E-state index is 0.0389. The van der Waals surface area contributed by atoms with E-state index in [-0.39, 0.29) is 11.4 Å². The molecule has 3 rings (SSSR count). The Labute approximate surface area is 170 Å². The van der Waals surface area contributed by atoms with Crippen LogP contribution in [0, 0.1) is 12.7 Å². The first kappa shape index (κ1) is 20.1. The topological polar surface area (TPSA) is 15.6 Å². The largest absolute Gasteiger partial charge is 0.366 e. The number of rotatable bonds is 4. The molecule has 2 nitrogen and oxygen atoms in total. The molecule has 27 heavy (non-hydrogen) atoms. The number of hydrogen-bond acceptors (Lipinski definition) is 2. The summed E-state index contributed by atoms with van der Waals surface area (Å²) in [5, 5.41) is 0. The Balaban J connectivity index is 2.00. The molecule has 1 aliphatic rings. The first-order valence-corrected chi connectivity index (χ1v) is 10.4. The second-order valence-electron chi connectivity index (χ2n) is 8.21. The summed E-state index contributed by atoms with van der Waals surface area (Å²) in [6.45, 7) is 11.9. The fraction of sp³-hybridized carbons (Fsp3) is 0.435. The van der Waals surface area contributed by atoms with Gasteiger partial charge in [0, 0.05) is 34.0 Å². The van der Waals surface area contributed by atoms with Gasteiger partial charge in [0.2, 0.25) is 0 Å². The van der Waals surface area contributed by atoms with Gasteiger partial charge < -0.3 is 4.90 Å². The van der Waals surface area contributed by atoms with E-state index in [1.165, 1.54) is 5.56 Å². The predicted octanol–water partition coefficient (Wildman–Crippen LogP) is 7.15. The fourth-order valence-corrected chi connectivity index (χ4v) is 4.72. The summed E-state index contributed by atoms with van der Waals surface area (Å²) in [5.41, 5.74) is 4.80. The minimum atomic E-state index is -0.216. The number of halogens is 2. The third-order valence-corrected chi connectivity index (χ3v) is 6.03. The lowest BCUT2D eigenvalue weighted by Gasteiger charge is -2.47. The quantitative estimate of drug-likeness (QED) is 0.470. The molecule has 144 valence electrons. The van der Waals surface area contributed by atoms with Crippen molar-refractivity contribution < 1.29 is 4.39 Å². The number of anilines is 1. The van der Waals surface area contributed by atoms with E-state index in [0.29, 0.717) is 11.5 Å². The van der Waals surface area contributed by atoms with Crippen molar-refractivity contribution in [3.05, 3.63) is 57.3 Å². The molecule has 4 heteroatoms. The van der Waals surface area contributed by atoms with Crippen LogP contribution < -0.4 is 4.90 Å². The SMILES string of the molecule is CCCN1c2cc(F)c(C=Nc3ccc(C)cc3Br)cc2C(C)CC1(C)C. The molecule has 1 unspecified atom stereocenters. The molecule has 0 fully saturated rings. The zero-order valence-electron chi connectivity index (χ0n) is 16.8. The summed E-state index contributed by atoms with van der Waals surface area (Å²) in [6, 6.07) is 9.66. The van der Waals surface area contributed by atoms with E-state index in [0.717, 1.165) is 40.8 Å². The molecule has 0 spiro atoms. The average molecular weight is 431 g/mol. The molecule has 1 aliphatic heterocycles. The maximum absolute atomic E-state index is 14.9. The molecule has 1 heterocycles. The molecular weight excluding hydrogens is 403 g/mol. The maximum Gasteiger partial charge on any atom is 0.134 e. The number of fused-ring (bicyclic) bond motifs is 1. The monoisotopic (exact) mass is 430 g/mol. The first-order valence-electron chi connectivity index (χ1n) is 9.64. The highest BCUT2D eigenvalue weighted by Gasteiger charge is 2.36. The molecule has 2 aromatic carbocycles. The summed E-state index contributed by atoms with van der Waals surface area (Å²) < 4.78 is 15.8. The van der Waals surface area contributed by atoms with Gasteiger partial charge in [-0.05, 0) is 90.9 Å². The van der Waals surface area contributed by atoms with E-state index >= 15 is 0 Å². The molecule has 2 aromatic rings. The van der Waals surface area contributed by atoms with Crippen LogP contribution >= 0.6 is 15.9 Å². The van der Waals surface area contributed by atoms with Crippen molar-refractivity contribution in [1.82, 2.24) is 0 Å². The molecule has 0 aromatic heterocycles. The summed E-state index contributed by atoms with van der Waals surface area (Å²) in [6.07, 6.45) is 3.75. The van der Waals surface area contributed by atoms with E-state index in [1.54, 1.807) is 12.3 Å². The van der Waals surface area contributed by atoms with Crippen LogP contribution in [0.25, 0.3) is 0 Å². The maximum atomic E-state index is 14.9. The highest BCUT2D eigenvalue weighted by atomic mass is 79.9. The molecule has 1 atom stereocenters. The summed E-state index contributed by atoms with van der Waals surface area (Å²) in [7, 11) is 0. The van der Waals surface area contributed by atoms with Gasteiger partial charge in [-0.25, -0.2) is 4.39 Å². The number of hydrogen-bond donors (Lipinski definition) is 0. The van der Waals surface area contributed by atoms with Crippen molar-refractivity contribution in [3.63, 3.8) is 0 Å². The Morgan fingerprint density at radius 2 is 2.04 bits per heavy atom.